The van der Waals surface area contributed by atoms with Gasteiger partial charge in [0.1, 0.15) is 12.1 Å². The van der Waals surface area contributed by atoms with Crippen LogP contribution in [0.1, 0.15) is 26.0 Å². The van der Waals surface area contributed by atoms with E-state index in [0.29, 0.717) is 45.2 Å². The third-order valence-electron chi connectivity index (χ3n) is 4.66. The quantitative estimate of drug-likeness (QED) is 0.791. The van der Waals surface area contributed by atoms with Gasteiger partial charge in [0, 0.05) is 38.7 Å². The van der Waals surface area contributed by atoms with Crippen LogP contribution in [0.2, 0.25) is 0 Å². The molecule has 2 aliphatic rings. The highest BCUT2D eigenvalue weighted by Gasteiger charge is 2.34. The standard InChI is InChI=1S/C18H27N5O3/c1-13(2)10-23-11-14(7-17(23)24)18(25)19-9-15-8-16(21-12-20-15)22-3-5-26-6-4-22/h8,12-14H,3-7,9-11H2,1-2H3,(H,19,25)/t14-/m1/s1. The number of aromatic nitrogens is 2. The van der Waals surface area contributed by atoms with Gasteiger partial charge in [-0.05, 0) is 5.92 Å². The van der Waals surface area contributed by atoms with Gasteiger partial charge in [-0.2, -0.15) is 0 Å². The van der Waals surface area contributed by atoms with Crippen LogP contribution in [0.5, 0.6) is 0 Å². The third kappa shape index (κ3) is 4.69. The maximum atomic E-state index is 12.4. The zero-order valence-corrected chi connectivity index (χ0v) is 15.5. The van der Waals surface area contributed by atoms with Gasteiger partial charge < -0.3 is 19.9 Å². The van der Waals surface area contributed by atoms with Gasteiger partial charge >= 0.3 is 0 Å². The van der Waals surface area contributed by atoms with Crippen LogP contribution in [0, 0.1) is 11.8 Å². The molecule has 0 aromatic carbocycles. The second-order valence-electron chi connectivity index (χ2n) is 7.28. The van der Waals surface area contributed by atoms with E-state index in [0.717, 1.165) is 24.6 Å². The lowest BCUT2D eigenvalue weighted by molar-refractivity contribution is -0.129. The molecule has 8 nitrogen and oxygen atoms in total. The Morgan fingerprint density at radius 3 is 2.85 bits per heavy atom. The van der Waals surface area contributed by atoms with Crippen LogP contribution < -0.4 is 10.2 Å². The molecule has 142 valence electrons. The first-order valence-electron chi connectivity index (χ1n) is 9.22. The second-order valence-corrected chi connectivity index (χ2v) is 7.28. The highest BCUT2D eigenvalue weighted by Crippen LogP contribution is 2.19. The summed E-state index contributed by atoms with van der Waals surface area (Å²) in [7, 11) is 0. The van der Waals surface area contributed by atoms with E-state index in [4.69, 9.17) is 4.74 Å². The molecule has 0 radical (unpaired) electrons. The van der Waals surface area contributed by atoms with Crippen molar-refractivity contribution in [1.82, 2.24) is 20.2 Å². The van der Waals surface area contributed by atoms with Crippen LogP contribution >= 0.6 is 0 Å². The Bertz CT molecular complexity index is 645. The maximum Gasteiger partial charge on any atom is 0.225 e. The molecular formula is C18H27N5O3. The van der Waals surface area contributed by atoms with E-state index in [2.05, 4.69) is 34.0 Å². The van der Waals surface area contributed by atoms with Gasteiger partial charge in [-0.15, -0.1) is 0 Å². The van der Waals surface area contributed by atoms with E-state index in [1.165, 1.54) is 6.33 Å². The molecule has 8 heteroatoms. The first-order valence-corrected chi connectivity index (χ1v) is 9.22. The first-order chi connectivity index (χ1) is 12.5. The van der Waals surface area contributed by atoms with Gasteiger partial charge in [-0.3, -0.25) is 9.59 Å². The van der Waals surface area contributed by atoms with E-state index in [-0.39, 0.29) is 17.7 Å². The predicted molar refractivity (Wildman–Crippen MR) is 96.4 cm³/mol. The molecule has 2 saturated heterocycles. The molecule has 1 atom stereocenters. The minimum Gasteiger partial charge on any atom is -0.378 e. The Morgan fingerprint density at radius 1 is 1.35 bits per heavy atom. The summed E-state index contributed by atoms with van der Waals surface area (Å²) < 4.78 is 5.36. The zero-order chi connectivity index (χ0) is 18.5. The van der Waals surface area contributed by atoms with Crippen LogP contribution in [-0.2, 0) is 20.9 Å². The van der Waals surface area contributed by atoms with Crippen LogP contribution in [0.15, 0.2) is 12.4 Å². The summed E-state index contributed by atoms with van der Waals surface area (Å²) in [5, 5.41) is 2.91. The smallest absolute Gasteiger partial charge is 0.225 e. The molecule has 1 aromatic heterocycles. The van der Waals surface area contributed by atoms with E-state index in [1.54, 1.807) is 4.90 Å². The molecule has 2 amide bonds. The van der Waals surface area contributed by atoms with Crippen molar-refractivity contribution < 1.29 is 14.3 Å². The van der Waals surface area contributed by atoms with Crippen molar-refractivity contribution in [2.75, 3.05) is 44.3 Å². The number of amides is 2. The number of morpholine rings is 1. The van der Waals surface area contributed by atoms with Gasteiger partial charge in [-0.1, -0.05) is 13.8 Å². The maximum absolute atomic E-state index is 12.4. The second kappa shape index (κ2) is 8.44. The Hall–Kier alpha value is -2.22. The molecule has 3 heterocycles. The lowest BCUT2D eigenvalue weighted by Gasteiger charge is -2.27. The fraction of sp³-hybridized carbons (Fsp3) is 0.667. The summed E-state index contributed by atoms with van der Waals surface area (Å²) in [4.78, 5) is 36.9. The fourth-order valence-corrected chi connectivity index (χ4v) is 3.33. The number of ether oxygens (including phenoxy) is 1. The molecular weight excluding hydrogens is 334 g/mol. The molecule has 1 aromatic rings. The summed E-state index contributed by atoms with van der Waals surface area (Å²) in [6.45, 7) is 8.69. The average Bonchev–Trinajstić information content (AvgIpc) is 3.01. The van der Waals surface area contributed by atoms with E-state index in [9.17, 15) is 9.59 Å². The largest absolute Gasteiger partial charge is 0.378 e. The number of anilines is 1. The summed E-state index contributed by atoms with van der Waals surface area (Å²) in [6.07, 6.45) is 1.82. The monoisotopic (exact) mass is 361 g/mol. The van der Waals surface area contributed by atoms with Crippen LogP contribution in [-0.4, -0.2) is 66.1 Å². The van der Waals surface area contributed by atoms with Gasteiger partial charge in [-0.25, -0.2) is 9.97 Å². The Kier molecular flexibility index (Phi) is 6.03. The summed E-state index contributed by atoms with van der Waals surface area (Å²) in [5.74, 6) is 0.959. The lowest BCUT2D eigenvalue weighted by Crippen LogP contribution is -2.37. The number of carbonyl (C=O) groups excluding carboxylic acids is 2. The molecule has 1 N–H and O–H groups in total. The molecule has 3 rings (SSSR count). The SMILES string of the molecule is CC(C)CN1C[C@H](C(=O)NCc2cc(N3CCOCC3)ncn2)CC1=O. The van der Waals surface area contributed by atoms with Gasteiger partial charge in [0.15, 0.2) is 0 Å². The third-order valence-corrected chi connectivity index (χ3v) is 4.66. The predicted octanol–water partition coefficient (Wildman–Crippen LogP) is 0.434. The minimum atomic E-state index is -0.276. The van der Waals surface area contributed by atoms with Crippen molar-refractivity contribution in [3.05, 3.63) is 18.1 Å². The Balaban J connectivity index is 1.52. The van der Waals surface area contributed by atoms with Crippen LogP contribution in [0.3, 0.4) is 0 Å². The number of hydrogen-bond donors (Lipinski definition) is 1. The molecule has 0 aliphatic carbocycles. The van der Waals surface area contributed by atoms with Crippen molar-refractivity contribution in [1.29, 1.82) is 0 Å². The highest BCUT2D eigenvalue weighted by atomic mass is 16.5. The number of hydrogen-bond acceptors (Lipinski definition) is 6. The number of nitrogens with zero attached hydrogens (tertiary/aromatic N) is 4. The number of nitrogens with one attached hydrogen (secondary N) is 1. The molecule has 0 spiro atoms. The molecule has 26 heavy (non-hydrogen) atoms. The van der Waals surface area contributed by atoms with Crippen LogP contribution in [0.4, 0.5) is 5.82 Å². The number of carbonyl (C=O) groups is 2. The van der Waals surface area contributed by atoms with E-state index >= 15 is 0 Å². The van der Waals surface area contributed by atoms with Crippen molar-refractivity contribution >= 4 is 17.6 Å². The molecule has 0 unspecified atom stereocenters. The molecule has 0 bridgehead atoms. The van der Waals surface area contributed by atoms with Crippen LogP contribution in [0.25, 0.3) is 0 Å². The van der Waals surface area contributed by atoms with Gasteiger partial charge in [0.25, 0.3) is 0 Å². The van der Waals surface area contributed by atoms with Crippen molar-refractivity contribution in [2.24, 2.45) is 11.8 Å². The van der Waals surface area contributed by atoms with Gasteiger partial charge in [0.05, 0.1) is 31.4 Å². The molecule has 2 fully saturated rings. The summed E-state index contributed by atoms with van der Waals surface area (Å²) in [5.41, 5.74) is 0.762. The zero-order valence-electron chi connectivity index (χ0n) is 15.5. The summed E-state index contributed by atoms with van der Waals surface area (Å²) >= 11 is 0. The normalized spacial score (nSPS) is 20.7. The minimum absolute atomic E-state index is 0.0653. The van der Waals surface area contributed by atoms with Crippen molar-refractivity contribution in [3.8, 4) is 0 Å². The van der Waals surface area contributed by atoms with Gasteiger partial charge in [0.2, 0.25) is 11.8 Å². The lowest BCUT2D eigenvalue weighted by atomic mass is 10.1. The van der Waals surface area contributed by atoms with Crippen molar-refractivity contribution in [2.45, 2.75) is 26.8 Å². The first kappa shape index (κ1) is 18.6. The topological polar surface area (TPSA) is 87.7 Å². The molecule has 2 aliphatic heterocycles. The number of rotatable bonds is 6. The Labute approximate surface area is 153 Å². The van der Waals surface area contributed by atoms with E-state index in [1.807, 2.05) is 6.07 Å². The highest BCUT2D eigenvalue weighted by molar-refractivity contribution is 5.89. The average molecular weight is 361 g/mol. The van der Waals surface area contributed by atoms with E-state index < -0.39 is 0 Å². The summed E-state index contributed by atoms with van der Waals surface area (Å²) in [6, 6.07) is 1.90. The fourth-order valence-electron chi connectivity index (χ4n) is 3.33. The number of likely N-dealkylation sites (tertiary alicyclic amines) is 1. The van der Waals surface area contributed by atoms with Crippen molar-refractivity contribution in [3.63, 3.8) is 0 Å². The Morgan fingerprint density at radius 2 is 2.12 bits per heavy atom. The molecule has 0 saturated carbocycles.